The lowest BCUT2D eigenvalue weighted by atomic mass is 10.2. The third kappa shape index (κ3) is 2.74. The number of fused-ring (bicyclic) bond motifs is 1. The predicted octanol–water partition coefficient (Wildman–Crippen LogP) is 3.07. The molecule has 0 saturated heterocycles. The lowest BCUT2D eigenvalue weighted by Crippen LogP contribution is -2.27. The summed E-state index contributed by atoms with van der Waals surface area (Å²) in [7, 11) is 1.78. The van der Waals surface area contributed by atoms with Crippen LogP contribution in [0.3, 0.4) is 0 Å². The maximum absolute atomic E-state index is 12.5. The lowest BCUT2D eigenvalue weighted by molar-refractivity contribution is 0.0779. The summed E-state index contributed by atoms with van der Waals surface area (Å²) in [5.74, 6) is -0.114. The summed E-state index contributed by atoms with van der Waals surface area (Å²) in [6.07, 6.45) is 1.57. The molecule has 0 aliphatic carbocycles. The molecule has 112 valence electrons. The van der Waals surface area contributed by atoms with Crippen LogP contribution < -0.4 is 0 Å². The molecule has 0 atom stereocenters. The quantitative estimate of drug-likeness (QED) is 0.722. The van der Waals surface area contributed by atoms with Gasteiger partial charge in [-0.15, -0.1) is 0 Å². The number of carbonyl (C=O) groups is 1. The van der Waals surface area contributed by atoms with Gasteiger partial charge in [0.2, 0.25) is 0 Å². The van der Waals surface area contributed by atoms with E-state index in [1.165, 1.54) is 0 Å². The van der Waals surface area contributed by atoms with Crippen molar-refractivity contribution in [2.45, 2.75) is 13.5 Å². The van der Waals surface area contributed by atoms with E-state index >= 15 is 0 Å². The van der Waals surface area contributed by atoms with E-state index in [0.29, 0.717) is 12.2 Å². The molecule has 0 radical (unpaired) electrons. The minimum atomic E-state index is -0.114. The molecular weight excluding hydrogens is 344 g/mol. The Balaban J connectivity index is 1.86. The van der Waals surface area contributed by atoms with Crippen molar-refractivity contribution in [3.63, 3.8) is 0 Å². The van der Waals surface area contributed by atoms with Crippen molar-refractivity contribution in [1.82, 2.24) is 19.5 Å². The zero-order chi connectivity index (χ0) is 15.7. The first kappa shape index (κ1) is 14.7. The van der Waals surface area contributed by atoms with Gasteiger partial charge in [0.25, 0.3) is 5.91 Å². The van der Waals surface area contributed by atoms with Gasteiger partial charge in [0.15, 0.2) is 0 Å². The predicted molar refractivity (Wildman–Crippen MR) is 87.7 cm³/mol. The van der Waals surface area contributed by atoms with Gasteiger partial charge in [0, 0.05) is 13.6 Å². The van der Waals surface area contributed by atoms with E-state index in [9.17, 15) is 4.79 Å². The smallest absolute Gasteiger partial charge is 0.272 e. The number of halogens is 1. The summed E-state index contributed by atoms with van der Waals surface area (Å²) in [5, 5.41) is 4.31. The van der Waals surface area contributed by atoms with Crippen molar-refractivity contribution < 1.29 is 4.79 Å². The molecule has 0 fully saturated rings. The van der Waals surface area contributed by atoms with E-state index in [-0.39, 0.29) is 5.91 Å². The third-order valence-electron chi connectivity index (χ3n) is 3.46. The first-order valence-corrected chi connectivity index (χ1v) is 7.65. The maximum atomic E-state index is 12.5. The molecular formula is C16H15BrN4O. The lowest BCUT2D eigenvalue weighted by Gasteiger charge is -2.16. The van der Waals surface area contributed by atoms with E-state index in [1.54, 1.807) is 28.9 Å². The van der Waals surface area contributed by atoms with Gasteiger partial charge in [-0.3, -0.25) is 4.79 Å². The molecule has 2 aromatic heterocycles. The number of amides is 1. The fourth-order valence-corrected chi connectivity index (χ4v) is 2.66. The molecule has 3 rings (SSSR count). The number of hydrogen-bond donors (Lipinski definition) is 0. The van der Waals surface area contributed by atoms with Gasteiger partial charge < -0.3 is 4.90 Å². The largest absolute Gasteiger partial charge is 0.336 e. The van der Waals surface area contributed by atoms with E-state index in [2.05, 4.69) is 26.0 Å². The number of carbonyl (C=O) groups excluding carboxylic acids is 1. The minimum absolute atomic E-state index is 0.114. The summed E-state index contributed by atoms with van der Waals surface area (Å²) in [6, 6.07) is 11.6. The van der Waals surface area contributed by atoms with Crippen LogP contribution in [0.1, 0.15) is 21.7 Å². The van der Waals surface area contributed by atoms with Gasteiger partial charge in [-0.05, 0) is 34.5 Å². The molecule has 0 saturated carbocycles. The van der Waals surface area contributed by atoms with Crippen LogP contribution >= 0.6 is 15.9 Å². The van der Waals surface area contributed by atoms with Crippen LogP contribution in [0.25, 0.3) is 5.52 Å². The number of nitrogens with zero attached hydrogens (tertiary/aromatic N) is 4. The van der Waals surface area contributed by atoms with Crippen molar-refractivity contribution in [2.24, 2.45) is 0 Å². The Kier molecular flexibility index (Phi) is 3.94. The van der Waals surface area contributed by atoms with Gasteiger partial charge >= 0.3 is 0 Å². The second-order valence-corrected chi connectivity index (χ2v) is 5.94. The Morgan fingerprint density at radius 3 is 2.77 bits per heavy atom. The molecule has 0 unspecified atom stereocenters. The summed E-state index contributed by atoms with van der Waals surface area (Å²) < 4.78 is 2.54. The molecule has 0 bridgehead atoms. The highest BCUT2D eigenvalue weighted by Gasteiger charge is 2.16. The van der Waals surface area contributed by atoms with E-state index in [0.717, 1.165) is 21.2 Å². The summed E-state index contributed by atoms with van der Waals surface area (Å²) in [6.45, 7) is 2.45. The zero-order valence-corrected chi connectivity index (χ0v) is 13.9. The van der Waals surface area contributed by atoms with Crippen LogP contribution in [0, 0.1) is 6.92 Å². The van der Waals surface area contributed by atoms with Gasteiger partial charge in [-0.25, -0.2) is 9.50 Å². The highest BCUT2D eigenvalue weighted by molar-refractivity contribution is 9.10. The molecule has 3 aromatic rings. The molecule has 1 aromatic carbocycles. The van der Waals surface area contributed by atoms with Crippen LogP contribution in [0.5, 0.6) is 0 Å². The fraction of sp³-hybridized carbons (Fsp3) is 0.188. The highest BCUT2D eigenvalue weighted by Crippen LogP contribution is 2.22. The van der Waals surface area contributed by atoms with Gasteiger partial charge in [0.1, 0.15) is 12.0 Å². The number of rotatable bonds is 3. The first-order valence-electron chi connectivity index (χ1n) is 6.86. The second kappa shape index (κ2) is 5.88. The molecule has 0 aliphatic rings. The van der Waals surface area contributed by atoms with Crippen LogP contribution in [0.2, 0.25) is 0 Å². The average Bonchev–Trinajstić information content (AvgIpc) is 2.82. The Morgan fingerprint density at radius 2 is 2.05 bits per heavy atom. The van der Waals surface area contributed by atoms with Gasteiger partial charge in [-0.2, -0.15) is 5.10 Å². The molecule has 6 heteroatoms. The fourth-order valence-electron chi connectivity index (χ4n) is 2.29. The van der Waals surface area contributed by atoms with E-state index < -0.39 is 0 Å². The standard InChI is InChI=1S/C16H15BrN4O/c1-11-15(17)14-8-13(18-10-21(14)19-11)16(22)20(2)9-12-6-4-3-5-7-12/h3-8,10H,9H2,1-2H3. The number of aromatic nitrogens is 3. The van der Waals surface area contributed by atoms with E-state index in [1.807, 2.05) is 37.3 Å². The van der Waals surface area contributed by atoms with Crippen LogP contribution in [0.15, 0.2) is 47.2 Å². The molecule has 0 spiro atoms. The average molecular weight is 359 g/mol. The second-order valence-electron chi connectivity index (χ2n) is 5.15. The first-order chi connectivity index (χ1) is 10.6. The summed E-state index contributed by atoms with van der Waals surface area (Å²) in [4.78, 5) is 18.4. The number of hydrogen-bond acceptors (Lipinski definition) is 3. The Bertz CT molecular complexity index is 829. The minimum Gasteiger partial charge on any atom is -0.336 e. The van der Waals surface area contributed by atoms with Crippen LogP contribution in [0.4, 0.5) is 0 Å². The van der Waals surface area contributed by atoms with Gasteiger partial charge in [0.05, 0.1) is 15.7 Å². The van der Waals surface area contributed by atoms with Gasteiger partial charge in [-0.1, -0.05) is 30.3 Å². The topological polar surface area (TPSA) is 50.5 Å². The SMILES string of the molecule is Cc1nn2cnc(C(=O)N(C)Cc3ccccc3)cc2c1Br. The summed E-state index contributed by atoms with van der Waals surface area (Å²) in [5.41, 5.74) is 3.19. The third-order valence-corrected chi connectivity index (χ3v) is 4.44. The maximum Gasteiger partial charge on any atom is 0.272 e. The Hall–Kier alpha value is -2.21. The van der Waals surface area contributed by atoms with Crippen molar-refractivity contribution in [1.29, 1.82) is 0 Å². The van der Waals surface area contributed by atoms with Crippen molar-refractivity contribution in [3.05, 3.63) is 64.1 Å². The normalized spacial score (nSPS) is 10.9. The molecule has 22 heavy (non-hydrogen) atoms. The molecule has 0 N–H and O–H groups in total. The van der Waals surface area contributed by atoms with Crippen molar-refractivity contribution in [2.75, 3.05) is 7.05 Å². The number of aryl methyl sites for hydroxylation is 1. The van der Waals surface area contributed by atoms with Crippen molar-refractivity contribution >= 4 is 27.4 Å². The Morgan fingerprint density at radius 1 is 1.32 bits per heavy atom. The van der Waals surface area contributed by atoms with Crippen LogP contribution in [-0.4, -0.2) is 32.5 Å². The molecule has 2 heterocycles. The van der Waals surface area contributed by atoms with E-state index in [4.69, 9.17) is 0 Å². The molecule has 0 aliphatic heterocycles. The molecule has 5 nitrogen and oxygen atoms in total. The van der Waals surface area contributed by atoms with Crippen LogP contribution in [-0.2, 0) is 6.54 Å². The zero-order valence-electron chi connectivity index (χ0n) is 12.3. The number of benzene rings is 1. The highest BCUT2D eigenvalue weighted by atomic mass is 79.9. The van der Waals surface area contributed by atoms with Crippen molar-refractivity contribution in [3.8, 4) is 0 Å². The summed E-state index contributed by atoms with van der Waals surface area (Å²) >= 11 is 3.49. The Labute approximate surface area is 136 Å². The monoisotopic (exact) mass is 358 g/mol. The molecule has 1 amide bonds.